The Bertz CT molecular complexity index is 2010. The fraction of sp³-hybridized carbons (Fsp3) is 0.160. The highest BCUT2D eigenvalue weighted by Crippen LogP contribution is 2.38. The SMILES string of the molecule is C=C/C=C\C(=C/C)N(/C(C)=C/C=C\C)C1=C/C=C/c2ccc(/C=C/c3ccc(N(/C(C=C)=C/C=C\C)c4ccccc4)cc3)cc2C(C)(C)\C(C)=C\1. The first-order valence-corrected chi connectivity index (χ1v) is 18.0. The van der Waals surface area contributed by atoms with Crippen LogP contribution in [-0.2, 0) is 5.41 Å². The van der Waals surface area contributed by atoms with E-state index in [4.69, 9.17) is 0 Å². The molecule has 0 amide bonds. The van der Waals surface area contributed by atoms with Crippen LogP contribution in [0.4, 0.5) is 11.4 Å². The third-order valence-electron chi connectivity index (χ3n) is 9.30. The van der Waals surface area contributed by atoms with Gasteiger partial charge >= 0.3 is 0 Å². The van der Waals surface area contributed by atoms with Gasteiger partial charge in [0.05, 0.1) is 0 Å². The van der Waals surface area contributed by atoms with Gasteiger partial charge in [-0.1, -0.05) is 148 Å². The number of anilines is 2. The lowest BCUT2D eigenvalue weighted by Crippen LogP contribution is -2.23. The van der Waals surface area contributed by atoms with E-state index in [9.17, 15) is 0 Å². The topological polar surface area (TPSA) is 6.48 Å². The molecule has 0 fully saturated rings. The van der Waals surface area contributed by atoms with Crippen molar-refractivity contribution in [2.75, 3.05) is 4.90 Å². The van der Waals surface area contributed by atoms with Gasteiger partial charge in [-0.3, -0.25) is 0 Å². The Hall–Kier alpha value is -5.86. The average molecular weight is 683 g/mol. The zero-order valence-electron chi connectivity index (χ0n) is 32.1. The standard InChI is InChI=1S/C50H54N2/c1-10-15-22-40(7)51(44(13-4)24-16-11-2)48-28-21-23-43-34-31-42(38-49(43)50(8,9)39(6)37-48)30-29-41-32-35-47(36-33-41)52(45(14-5)25-17-12-3)46-26-19-18-20-27-46/h10-38H,2,5H2,1,3-4,6-9H3/b15-10-,17-12-,23-21+,24-16-,30-29+,39-37+,40-22+,44-13+,45-25+,48-28+. The summed E-state index contributed by atoms with van der Waals surface area (Å²) in [6, 6.07) is 25.9. The molecule has 0 saturated heterocycles. The van der Waals surface area contributed by atoms with Crippen LogP contribution >= 0.6 is 0 Å². The van der Waals surface area contributed by atoms with Crippen molar-refractivity contribution in [1.29, 1.82) is 0 Å². The van der Waals surface area contributed by atoms with Crippen molar-refractivity contribution in [2.24, 2.45) is 0 Å². The average Bonchev–Trinajstić information content (AvgIpc) is 3.20. The van der Waals surface area contributed by atoms with Gasteiger partial charge in [-0.25, -0.2) is 0 Å². The Labute approximate surface area is 313 Å². The Balaban J connectivity index is 1.68. The van der Waals surface area contributed by atoms with E-state index >= 15 is 0 Å². The van der Waals surface area contributed by atoms with Gasteiger partial charge in [0.2, 0.25) is 0 Å². The van der Waals surface area contributed by atoms with Gasteiger partial charge in [0.25, 0.3) is 0 Å². The lowest BCUT2D eigenvalue weighted by Gasteiger charge is -2.32. The van der Waals surface area contributed by atoms with Crippen LogP contribution in [0.1, 0.15) is 70.7 Å². The minimum Gasteiger partial charge on any atom is -0.315 e. The summed E-state index contributed by atoms with van der Waals surface area (Å²) in [4.78, 5) is 4.52. The molecule has 1 aliphatic rings. The summed E-state index contributed by atoms with van der Waals surface area (Å²) >= 11 is 0. The second-order valence-corrected chi connectivity index (χ2v) is 13.1. The fourth-order valence-electron chi connectivity index (χ4n) is 6.13. The predicted octanol–water partition coefficient (Wildman–Crippen LogP) is 14.2. The number of rotatable bonds is 13. The first-order valence-electron chi connectivity index (χ1n) is 18.0. The van der Waals surface area contributed by atoms with Crippen LogP contribution in [0, 0.1) is 0 Å². The van der Waals surface area contributed by atoms with Crippen LogP contribution in [0.2, 0.25) is 0 Å². The van der Waals surface area contributed by atoms with Gasteiger partial charge in [0, 0.05) is 39.6 Å². The lowest BCUT2D eigenvalue weighted by atomic mass is 9.75. The van der Waals surface area contributed by atoms with Crippen molar-refractivity contribution in [3.05, 3.63) is 222 Å². The van der Waals surface area contributed by atoms with E-state index in [0.717, 1.165) is 45.3 Å². The van der Waals surface area contributed by atoms with Crippen molar-refractivity contribution in [3.8, 4) is 0 Å². The van der Waals surface area contributed by atoms with E-state index < -0.39 is 0 Å². The van der Waals surface area contributed by atoms with Crippen LogP contribution < -0.4 is 4.90 Å². The molecule has 52 heavy (non-hydrogen) atoms. The second kappa shape index (κ2) is 18.9. The molecule has 2 nitrogen and oxygen atoms in total. The predicted molar refractivity (Wildman–Crippen MR) is 231 cm³/mol. The van der Waals surface area contributed by atoms with Gasteiger partial charge in [0.1, 0.15) is 0 Å². The maximum atomic E-state index is 4.10. The largest absolute Gasteiger partial charge is 0.315 e. The van der Waals surface area contributed by atoms with Gasteiger partial charge in [-0.2, -0.15) is 0 Å². The first kappa shape index (κ1) is 38.9. The van der Waals surface area contributed by atoms with Crippen molar-refractivity contribution in [2.45, 2.75) is 53.9 Å². The van der Waals surface area contributed by atoms with Gasteiger partial charge in [0.15, 0.2) is 0 Å². The van der Waals surface area contributed by atoms with Crippen molar-refractivity contribution in [3.63, 3.8) is 0 Å². The van der Waals surface area contributed by atoms with Gasteiger partial charge in [-0.05, 0) is 118 Å². The van der Waals surface area contributed by atoms with E-state index in [-0.39, 0.29) is 5.41 Å². The Morgan fingerprint density at radius 2 is 1.40 bits per heavy atom. The molecule has 0 unspecified atom stereocenters. The number of hydrogen-bond donors (Lipinski definition) is 0. The molecule has 264 valence electrons. The zero-order chi connectivity index (χ0) is 37.5. The summed E-state index contributed by atoms with van der Waals surface area (Å²) in [5, 5.41) is 0. The van der Waals surface area contributed by atoms with E-state index in [1.165, 1.54) is 16.7 Å². The normalized spacial score (nSPS) is 17.9. The van der Waals surface area contributed by atoms with Crippen LogP contribution in [0.5, 0.6) is 0 Å². The number of fused-ring (bicyclic) bond motifs is 1. The maximum absolute atomic E-state index is 4.10. The zero-order valence-corrected chi connectivity index (χ0v) is 32.1. The number of hydrogen-bond acceptors (Lipinski definition) is 2. The van der Waals surface area contributed by atoms with Gasteiger partial charge in [-0.15, -0.1) is 0 Å². The van der Waals surface area contributed by atoms with Crippen LogP contribution in [-0.4, -0.2) is 4.90 Å². The van der Waals surface area contributed by atoms with Crippen LogP contribution in [0.25, 0.3) is 18.2 Å². The molecule has 0 aliphatic heterocycles. The molecular weight excluding hydrogens is 629 g/mol. The molecule has 0 radical (unpaired) electrons. The molecule has 3 aromatic rings. The quantitative estimate of drug-likeness (QED) is 0.131. The second-order valence-electron chi connectivity index (χ2n) is 13.1. The molecule has 0 atom stereocenters. The van der Waals surface area contributed by atoms with E-state index in [1.54, 1.807) is 0 Å². The molecule has 0 bridgehead atoms. The Morgan fingerprint density at radius 3 is 2.06 bits per heavy atom. The summed E-state index contributed by atoms with van der Waals surface area (Å²) in [7, 11) is 0. The molecule has 0 spiro atoms. The third kappa shape index (κ3) is 9.68. The number of para-hydroxylation sites is 1. The van der Waals surface area contributed by atoms with Gasteiger partial charge < -0.3 is 9.80 Å². The molecule has 0 saturated carbocycles. The molecule has 0 N–H and O–H groups in total. The van der Waals surface area contributed by atoms with E-state index in [0.29, 0.717) is 0 Å². The highest BCUT2D eigenvalue weighted by atomic mass is 15.2. The lowest BCUT2D eigenvalue weighted by molar-refractivity contribution is 0.552. The molecule has 0 heterocycles. The minimum atomic E-state index is -0.224. The molecule has 2 heteroatoms. The van der Waals surface area contributed by atoms with E-state index in [1.807, 2.05) is 50.3 Å². The number of nitrogens with zero attached hydrogens (tertiary/aromatic N) is 2. The van der Waals surface area contributed by atoms with E-state index in [2.05, 4.69) is 197 Å². The summed E-state index contributed by atoms with van der Waals surface area (Å²) < 4.78 is 0. The molecule has 1 aliphatic carbocycles. The summed E-state index contributed by atoms with van der Waals surface area (Å²) in [5.41, 5.74) is 12.3. The third-order valence-corrected chi connectivity index (χ3v) is 9.30. The fourth-order valence-corrected chi connectivity index (χ4v) is 6.13. The summed E-state index contributed by atoms with van der Waals surface area (Å²) in [5.74, 6) is 0. The maximum Gasteiger partial charge on any atom is 0.0462 e. The van der Waals surface area contributed by atoms with Crippen LogP contribution in [0.3, 0.4) is 0 Å². The van der Waals surface area contributed by atoms with Crippen molar-refractivity contribution >= 4 is 29.6 Å². The Kier molecular flexibility index (Phi) is 14.2. The highest BCUT2D eigenvalue weighted by Gasteiger charge is 2.27. The number of allylic oxidation sites excluding steroid dienone is 16. The monoisotopic (exact) mass is 682 g/mol. The van der Waals surface area contributed by atoms with Crippen molar-refractivity contribution in [1.82, 2.24) is 4.90 Å². The molecular formula is C50H54N2. The van der Waals surface area contributed by atoms with Crippen LogP contribution in [0.15, 0.2) is 199 Å². The molecule has 3 aromatic carbocycles. The van der Waals surface area contributed by atoms with Crippen molar-refractivity contribution < 1.29 is 0 Å². The Morgan fingerprint density at radius 1 is 0.750 bits per heavy atom. The molecule has 4 rings (SSSR count). The number of benzene rings is 3. The smallest absolute Gasteiger partial charge is 0.0462 e. The highest BCUT2D eigenvalue weighted by molar-refractivity contribution is 5.75. The minimum absolute atomic E-state index is 0.224. The summed E-state index contributed by atoms with van der Waals surface area (Å²) in [6.07, 6.45) is 35.7. The first-order chi connectivity index (χ1) is 25.2. The molecule has 0 aromatic heterocycles. The summed E-state index contributed by atoms with van der Waals surface area (Å²) in [6.45, 7) is 23.2.